The Bertz CT molecular complexity index is 560. The summed E-state index contributed by atoms with van der Waals surface area (Å²) in [6.45, 7) is 2.54. The lowest BCUT2D eigenvalue weighted by Crippen LogP contribution is -2.29. The number of nitrogens with two attached hydrogens (primary N) is 1. The van der Waals surface area contributed by atoms with Crippen molar-refractivity contribution >= 4 is 47.6 Å². The minimum absolute atomic E-state index is 0.125. The van der Waals surface area contributed by atoms with Gasteiger partial charge in [-0.25, -0.2) is 13.1 Å². The molecule has 0 aliphatic heterocycles. The van der Waals surface area contributed by atoms with Crippen LogP contribution >= 0.6 is 31.9 Å². The third-order valence-corrected chi connectivity index (χ3v) is 6.36. The van der Waals surface area contributed by atoms with Gasteiger partial charge in [0.05, 0.1) is 0 Å². The highest BCUT2D eigenvalue weighted by atomic mass is 79.9. The molecule has 4 nitrogen and oxygen atoms in total. The van der Waals surface area contributed by atoms with Crippen LogP contribution in [0.4, 0.5) is 5.69 Å². The molecule has 18 heavy (non-hydrogen) atoms. The van der Waals surface area contributed by atoms with Crippen LogP contribution in [0.2, 0.25) is 0 Å². The van der Waals surface area contributed by atoms with E-state index >= 15 is 0 Å². The standard InChI is InChI=1S/C11H14Br2N2O2S/c1-11(2-3-11)6-15-18(16,17)10-8(12)4-7(14)5-9(10)13/h4-5,15H,2-3,6,14H2,1H3. The molecule has 1 aromatic rings. The van der Waals surface area contributed by atoms with Gasteiger partial charge in [-0.15, -0.1) is 0 Å². The molecule has 2 rings (SSSR count). The Kier molecular flexibility index (Phi) is 3.79. The number of nitrogen functional groups attached to an aromatic ring is 1. The van der Waals surface area contributed by atoms with Crippen LogP contribution in [0.5, 0.6) is 0 Å². The van der Waals surface area contributed by atoms with E-state index in [0.29, 0.717) is 21.2 Å². The van der Waals surface area contributed by atoms with Crippen molar-refractivity contribution in [2.75, 3.05) is 12.3 Å². The summed E-state index contributed by atoms with van der Waals surface area (Å²) in [6.07, 6.45) is 2.14. The van der Waals surface area contributed by atoms with Crippen molar-refractivity contribution in [3.05, 3.63) is 21.1 Å². The number of nitrogens with one attached hydrogen (secondary N) is 1. The zero-order valence-electron chi connectivity index (χ0n) is 9.83. The third kappa shape index (κ3) is 3.07. The maximum atomic E-state index is 12.2. The molecule has 0 unspecified atom stereocenters. The van der Waals surface area contributed by atoms with Gasteiger partial charge in [-0.05, 0) is 62.2 Å². The second-order valence-electron chi connectivity index (χ2n) is 4.95. The predicted octanol–water partition coefficient (Wildman–Crippen LogP) is 2.87. The van der Waals surface area contributed by atoms with Crippen molar-refractivity contribution in [3.8, 4) is 0 Å². The molecule has 0 atom stereocenters. The molecule has 1 aliphatic rings. The van der Waals surface area contributed by atoms with Gasteiger partial charge in [-0.1, -0.05) is 6.92 Å². The van der Waals surface area contributed by atoms with E-state index in [9.17, 15) is 8.42 Å². The van der Waals surface area contributed by atoms with Crippen LogP contribution < -0.4 is 10.5 Å². The zero-order chi connectivity index (χ0) is 13.6. The van der Waals surface area contributed by atoms with Gasteiger partial charge >= 0.3 is 0 Å². The first-order chi connectivity index (χ1) is 8.23. The Morgan fingerprint density at radius 1 is 1.33 bits per heavy atom. The highest BCUT2D eigenvalue weighted by molar-refractivity contribution is 9.11. The number of hydrogen-bond acceptors (Lipinski definition) is 3. The molecule has 100 valence electrons. The molecule has 0 saturated heterocycles. The predicted molar refractivity (Wildman–Crippen MR) is 78.8 cm³/mol. The van der Waals surface area contributed by atoms with E-state index in [1.807, 2.05) is 0 Å². The number of rotatable bonds is 4. The number of hydrogen-bond donors (Lipinski definition) is 2. The Morgan fingerprint density at radius 3 is 2.28 bits per heavy atom. The summed E-state index contributed by atoms with van der Waals surface area (Å²) >= 11 is 6.48. The minimum Gasteiger partial charge on any atom is -0.399 e. The first-order valence-electron chi connectivity index (χ1n) is 5.48. The van der Waals surface area contributed by atoms with Crippen LogP contribution in [-0.2, 0) is 10.0 Å². The van der Waals surface area contributed by atoms with Crippen molar-refractivity contribution in [2.45, 2.75) is 24.7 Å². The number of halogens is 2. The molecule has 0 spiro atoms. The fraction of sp³-hybridized carbons (Fsp3) is 0.455. The van der Waals surface area contributed by atoms with Crippen molar-refractivity contribution in [2.24, 2.45) is 5.41 Å². The summed E-state index contributed by atoms with van der Waals surface area (Å²) < 4.78 is 28.1. The maximum absolute atomic E-state index is 12.2. The SMILES string of the molecule is CC1(CNS(=O)(=O)c2c(Br)cc(N)cc2Br)CC1. The van der Waals surface area contributed by atoms with Gasteiger partial charge in [-0.2, -0.15) is 0 Å². The molecule has 0 bridgehead atoms. The van der Waals surface area contributed by atoms with Crippen LogP contribution in [0.25, 0.3) is 0 Å². The summed E-state index contributed by atoms with van der Waals surface area (Å²) in [7, 11) is -3.53. The highest BCUT2D eigenvalue weighted by Gasteiger charge is 2.38. The summed E-state index contributed by atoms with van der Waals surface area (Å²) in [5, 5.41) is 0. The Labute approximate surface area is 124 Å². The monoisotopic (exact) mass is 396 g/mol. The molecule has 3 N–H and O–H groups in total. The van der Waals surface area contributed by atoms with E-state index < -0.39 is 10.0 Å². The van der Waals surface area contributed by atoms with Crippen molar-refractivity contribution in [1.82, 2.24) is 4.72 Å². The van der Waals surface area contributed by atoms with Gasteiger partial charge in [0.2, 0.25) is 10.0 Å². The van der Waals surface area contributed by atoms with Gasteiger partial charge in [0, 0.05) is 21.2 Å². The first kappa shape index (κ1) is 14.3. The average Bonchev–Trinajstić information content (AvgIpc) is 2.92. The largest absolute Gasteiger partial charge is 0.399 e. The molecule has 1 aliphatic carbocycles. The molecule has 0 radical (unpaired) electrons. The van der Waals surface area contributed by atoms with Crippen LogP contribution in [0.3, 0.4) is 0 Å². The molecule has 1 aromatic carbocycles. The van der Waals surface area contributed by atoms with Crippen LogP contribution in [0, 0.1) is 5.41 Å². The number of sulfonamides is 1. The minimum atomic E-state index is -3.53. The van der Waals surface area contributed by atoms with Crippen molar-refractivity contribution in [1.29, 1.82) is 0 Å². The Hall–Kier alpha value is -0.110. The van der Waals surface area contributed by atoms with E-state index in [2.05, 4.69) is 43.5 Å². The van der Waals surface area contributed by atoms with Gasteiger partial charge in [0.15, 0.2) is 0 Å². The van der Waals surface area contributed by atoms with E-state index in [4.69, 9.17) is 5.73 Å². The Morgan fingerprint density at radius 2 is 1.83 bits per heavy atom. The van der Waals surface area contributed by atoms with E-state index in [0.717, 1.165) is 12.8 Å². The van der Waals surface area contributed by atoms with Crippen LogP contribution in [0.1, 0.15) is 19.8 Å². The molecule has 0 heterocycles. The number of anilines is 1. The van der Waals surface area contributed by atoms with Gasteiger partial charge in [0.25, 0.3) is 0 Å². The molecule has 7 heteroatoms. The molecular formula is C11H14Br2N2O2S. The smallest absolute Gasteiger partial charge is 0.242 e. The molecule has 0 aromatic heterocycles. The van der Waals surface area contributed by atoms with Gasteiger partial charge in [0.1, 0.15) is 4.90 Å². The summed E-state index contributed by atoms with van der Waals surface area (Å²) in [5.74, 6) is 0. The van der Waals surface area contributed by atoms with Crippen LogP contribution in [-0.4, -0.2) is 15.0 Å². The molecule has 1 saturated carbocycles. The fourth-order valence-electron chi connectivity index (χ4n) is 1.57. The van der Waals surface area contributed by atoms with Crippen LogP contribution in [0.15, 0.2) is 26.0 Å². The lowest BCUT2D eigenvalue weighted by atomic mass is 10.2. The summed E-state index contributed by atoms with van der Waals surface area (Å²) in [6, 6.07) is 3.16. The van der Waals surface area contributed by atoms with Gasteiger partial charge < -0.3 is 5.73 Å². The molecule has 1 fully saturated rings. The van der Waals surface area contributed by atoms with Gasteiger partial charge in [-0.3, -0.25) is 0 Å². The second kappa shape index (κ2) is 4.77. The number of benzene rings is 1. The van der Waals surface area contributed by atoms with Crippen molar-refractivity contribution < 1.29 is 8.42 Å². The Balaban J connectivity index is 2.29. The highest BCUT2D eigenvalue weighted by Crippen LogP contribution is 2.44. The maximum Gasteiger partial charge on any atom is 0.242 e. The fourth-order valence-corrected chi connectivity index (χ4v) is 5.38. The summed E-state index contributed by atoms with van der Waals surface area (Å²) in [4.78, 5) is 0.195. The van der Waals surface area contributed by atoms with E-state index in [-0.39, 0.29) is 10.3 Å². The lowest BCUT2D eigenvalue weighted by Gasteiger charge is -2.13. The summed E-state index contributed by atoms with van der Waals surface area (Å²) in [5.41, 5.74) is 6.28. The first-order valence-corrected chi connectivity index (χ1v) is 8.55. The quantitative estimate of drug-likeness (QED) is 0.767. The topological polar surface area (TPSA) is 72.2 Å². The lowest BCUT2D eigenvalue weighted by molar-refractivity contribution is 0.530. The van der Waals surface area contributed by atoms with E-state index in [1.165, 1.54) is 0 Å². The normalized spacial score (nSPS) is 17.7. The second-order valence-corrected chi connectivity index (χ2v) is 8.36. The molecule has 0 amide bonds. The average molecular weight is 398 g/mol. The third-order valence-electron chi connectivity index (χ3n) is 3.08. The zero-order valence-corrected chi connectivity index (χ0v) is 13.8. The molecular weight excluding hydrogens is 384 g/mol. The van der Waals surface area contributed by atoms with Crippen molar-refractivity contribution in [3.63, 3.8) is 0 Å². The van der Waals surface area contributed by atoms with E-state index in [1.54, 1.807) is 12.1 Å².